The highest BCUT2D eigenvalue weighted by Gasteiger charge is 2.32. The molecular weight excluding hydrogens is 352 g/mol. The summed E-state index contributed by atoms with van der Waals surface area (Å²) in [5.41, 5.74) is 1.57. The van der Waals surface area contributed by atoms with Gasteiger partial charge in [-0.15, -0.1) is 21.5 Å². The van der Waals surface area contributed by atoms with Crippen molar-refractivity contribution in [2.24, 2.45) is 7.05 Å². The van der Waals surface area contributed by atoms with Crippen LogP contribution < -0.4 is 0 Å². The van der Waals surface area contributed by atoms with E-state index in [4.69, 9.17) is 0 Å². The van der Waals surface area contributed by atoms with Gasteiger partial charge in [-0.05, 0) is 24.3 Å². The van der Waals surface area contributed by atoms with E-state index in [1.807, 2.05) is 16.8 Å². The van der Waals surface area contributed by atoms with E-state index < -0.39 is 9.84 Å². The summed E-state index contributed by atoms with van der Waals surface area (Å²) >= 11 is 3.05. The number of sulfone groups is 1. The summed E-state index contributed by atoms with van der Waals surface area (Å²) < 4.78 is 26.8. The summed E-state index contributed by atoms with van der Waals surface area (Å²) in [4.78, 5) is 4.44. The third-order valence-corrected chi connectivity index (χ3v) is 6.96. The molecule has 3 heterocycles. The minimum Gasteiger partial charge on any atom is -0.305 e. The lowest BCUT2D eigenvalue weighted by Crippen LogP contribution is -2.12. The molecule has 120 valence electrons. The Morgan fingerprint density at radius 2 is 2.13 bits per heavy atom. The molecule has 3 aromatic rings. The number of thiazole rings is 1. The van der Waals surface area contributed by atoms with Crippen molar-refractivity contribution in [3.63, 3.8) is 0 Å². The van der Waals surface area contributed by atoms with E-state index in [2.05, 4.69) is 15.2 Å². The molecule has 0 N–H and O–H groups in total. The number of nitrogens with zero attached hydrogens (tertiary/aromatic N) is 4. The zero-order valence-corrected chi connectivity index (χ0v) is 14.8. The Hall–Kier alpha value is -1.58. The van der Waals surface area contributed by atoms with E-state index in [9.17, 15) is 8.42 Å². The Labute approximate surface area is 141 Å². The van der Waals surface area contributed by atoms with Crippen LogP contribution in [0.25, 0.3) is 10.6 Å². The van der Waals surface area contributed by atoms with Gasteiger partial charge in [0.1, 0.15) is 16.6 Å². The van der Waals surface area contributed by atoms with Gasteiger partial charge in [0.15, 0.2) is 0 Å². The second-order valence-corrected chi connectivity index (χ2v) is 9.11. The first kappa shape index (κ1) is 15.0. The highest BCUT2D eigenvalue weighted by atomic mass is 32.2. The van der Waals surface area contributed by atoms with E-state index in [1.165, 1.54) is 11.3 Å². The molecule has 0 atom stereocenters. The lowest BCUT2D eigenvalue weighted by molar-refractivity contribution is 0.575. The Balaban J connectivity index is 1.60. The zero-order valence-electron chi connectivity index (χ0n) is 12.3. The summed E-state index contributed by atoms with van der Waals surface area (Å²) in [5.74, 6) is 0.978. The fourth-order valence-corrected chi connectivity index (χ4v) is 5.43. The molecule has 0 radical (unpaired) electrons. The van der Waals surface area contributed by atoms with Crippen molar-refractivity contribution in [2.75, 3.05) is 0 Å². The van der Waals surface area contributed by atoms with Crippen molar-refractivity contribution in [1.82, 2.24) is 19.7 Å². The van der Waals surface area contributed by atoms with Crippen molar-refractivity contribution in [2.45, 2.75) is 29.7 Å². The fraction of sp³-hybridized carbons (Fsp3) is 0.357. The first-order valence-electron chi connectivity index (χ1n) is 7.13. The Morgan fingerprint density at radius 3 is 2.83 bits per heavy atom. The molecule has 0 aliphatic heterocycles. The highest BCUT2D eigenvalue weighted by Crippen LogP contribution is 2.39. The van der Waals surface area contributed by atoms with Crippen molar-refractivity contribution in [1.29, 1.82) is 0 Å². The van der Waals surface area contributed by atoms with Gasteiger partial charge < -0.3 is 4.57 Å². The molecule has 4 rings (SSSR count). The smallest absolute Gasteiger partial charge is 0.249 e. The molecule has 23 heavy (non-hydrogen) atoms. The van der Waals surface area contributed by atoms with Crippen LogP contribution in [0, 0.1) is 0 Å². The molecule has 0 saturated heterocycles. The largest absolute Gasteiger partial charge is 0.305 e. The highest BCUT2D eigenvalue weighted by molar-refractivity contribution is 7.90. The van der Waals surface area contributed by atoms with Crippen LogP contribution in [0.3, 0.4) is 0 Å². The second kappa shape index (κ2) is 5.50. The molecule has 0 unspecified atom stereocenters. The zero-order chi connectivity index (χ0) is 16.0. The van der Waals surface area contributed by atoms with Crippen molar-refractivity contribution in [3.8, 4) is 10.6 Å². The molecule has 1 aliphatic carbocycles. The number of thiophene rings is 1. The van der Waals surface area contributed by atoms with Crippen molar-refractivity contribution in [3.05, 3.63) is 33.7 Å². The Kier molecular flexibility index (Phi) is 3.58. The summed E-state index contributed by atoms with van der Waals surface area (Å²) in [6.07, 6.45) is 2.12. The maximum absolute atomic E-state index is 12.6. The average molecular weight is 366 g/mol. The quantitative estimate of drug-likeness (QED) is 0.694. The van der Waals surface area contributed by atoms with E-state index >= 15 is 0 Å². The molecule has 6 nitrogen and oxygen atoms in total. The number of hydrogen-bond acceptors (Lipinski definition) is 7. The van der Waals surface area contributed by atoms with Gasteiger partial charge in [0.25, 0.3) is 0 Å². The maximum Gasteiger partial charge on any atom is 0.249 e. The Morgan fingerprint density at radius 1 is 1.30 bits per heavy atom. The molecule has 0 aromatic carbocycles. The van der Waals surface area contributed by atoms with Gasteiger partial charge in [-0.25, -0.2) is 13.4 Å². The molecule has 9 heteroatoms. The lowest BCUT2D eigenvalue weighted by atomic mass is 10.4. The van der Waals surface area contributed by atoms with E-state index in [-0.39, 0.29) is 10.9 Å². The van der Waals surface area contributed by atoms with Gasteiger partial charge in [-0.2, -0.15) is 11.3 Å². The van der Waals surface area contributed by atoms with E-state index in [1.54, 1.807) is 28.3 Å². The van der Waals surface area contributed by atoms with Gasteiger partial charge >= 0.3 is 0 Å². The molecule has 0 bridgehead atoms. The van der Waals surface area contributed by atoms with Crippen LogP contribution in [0.4, 0.5) is 0 Å². The average Bonchev–Trinajstić information content (AvgIpc) is 2.94. The molecule has 0 spiro atoms. The fourth-order valence-electron chi connectivity index (χ4n) is 2.45. The minimum atomic E-state index is -3.55. The first-order valence-corrected chi connectivity index (χ1v) is 10.6. The summed E-state index contributed by atoms with van der Waals surface area (Å²) in [7, 11) is -1.83. The molecule has 1 saturated carbocycles. The van der Waals surface area contributed by atoms with Gasteiger partial charge in [0.2, 0.25) is 15.0 Å². The van der Waals surface area contributed by atoms with Crippen LogP contribution in [0.1, 0.15) is 30.3 Å². The normalized spacial score (nSPS) is 15.2. The number of hydrogen-bond donors (Lipinski definition) is 0. The molecule has 3 aromatic heterocycles. The SMILES string of the molecule is Cn1c(C2CC2)nnc1S(=O)(=O)Cc1csc(-c2ccsc2)n1. The number of rotatable bonds is 5. The summed E-state index contributed by atoms with van der Waals surface area (Å²) in [6.45, 7) is 0. The lowest BCUT2D eigenvalue weighted by Gasteiger charge is -2.03. The third-order valence-electron chi connectivity index (χ3n) is 3.75. The standard InChI is InChI=1S/C14H14N4O2S3/c1-18-12(9-2-3-9)16-17-14(18)23(19,20)8-11-7-22-13(15-11)10-4-5-21-6-10/h4-7,9H,2-3,8H2,1H3. The monoisotopic (exact) mass is 366 g/mol. The number of aromatic nitrogens is 4. The third kappa shape index (κ3) is 2.84. The Bertz CT molecular complexity index is 937. The molecule has 1 aliphatic rings. The van der Waals surface area contributed by atoms with Crippen molar-refractivity contribution < 1.29 is 8.42 Å². The van der Waals surface area contributed by atoms with Gasteiger partial charge in [0, 0.05) is 29.3 Å². The van der Waals surface area contributed by atoms with Crippen molar-refractivity contribution >= 4 is 32.5 Å². The van der Waals surface area contributed by atoms with Crippen LogP contribution in [0.2, 0.25) is 0 Å². The molecular formula is C14H14N4O2S3. The topological polar surface area (TPSA) is 77.7 Å². The van der Waals surface area contributed by atoms with Gasteiger partial charge in [-0.3, -0.25) is 0 Å². The second-order valence-electron chi connectivity index (χ2n) is 5.59. The summed E-state index contributed by atoms with van der Waals surface area (Å²) in [5, 5.41) is 14.6. The maximum atomic E-state index is 12.6. The van der Waals surface area contributed by atoms with E-state index in [0.29, 0.717) is 11.6 Å². The van der Waals surface area contributed by atoms with E-state index in [0.717, 1.165) is 29.2 Å². The molecule has 0 amide bonds. The van der Waals surface area contributed by atoms with Crippen LogP contribution in [-0.2, 0) is 22.6 Å². The van der Waals surface area contributed by atoms with Crippen LogP contribution >= 0.6 is 22.7 Å². The first-order chi connectivity index (χ1) is 11.0. The van der Waals surface area contributed by atoms with Crippen LogP contribution in [-0.4, -0.2) is 28.2 Å². The van der Waals surface area contributed by atoms with Crippen LogP contribution in [0.5, 0.6) is 0 Å². The van der Waals surface area contributed by atoms with Crippen LogP contribution in [0.15, 0.2) is 27.4 Å². The minimum absolute atomic E-state index is 0.0319. The molecule has 1 fully saturated rings. The predicted octanol–water partition coefficient (Wildman–Crippen LogP) is 2.85. The van der Waals surface area contributed by atoms with Gasteiger partial charge in [-0.1, -0.05) is 0 Å². The predicted molar refractivity (Wildman–Crippen MR) is 89.3 cm³/mol. The van der Waals surface area contributed by atoms with Gasteiger partial charge in [0.05, 0.1) is 5.69 Å². The summed E-state index contributed by atoms with van der Waals surface area (Å²) in [6, 6.07) is 1.98.